The Morgan fingerprint density at radius 2 is 2.29 bits per heavy atom. The van der Waals surface area contributed by atoms with Gasteiger partial charge in [0.15, 0.2) is 0 Å². The summed E-state index contributed by atoms with van der Waals surface area (Å²) in [5, 5.41) is 2.91. The molecule has 1 aromatic rings. The van der Waals surface area contributed by atoms with E-state index in [-0.39, 0.29) is 18.4 Å². The molecule has 0 saturated carbocycles. The average molecular weight is 213 g/mol. The molecular formula is C8H9ClN4O. The molecule has 0 radical (unpaired) electrons. The molecule has 14 heavy (non-hydrogen) atoms. The molecule has 0 aromatic carbocycles. The number of amides is 1. The zero-order valence-corrected chi connectivity index (χ0v) is 8.30. The molecule has 5 nitrogen and oxygen atoms in total. The first kappa shape index (κ1) is 9.36. The molecule has 0 saturated heterocycles. The van der Waals surface area contributed by atoms with Gasteiger partial charge >= 0.3 is 0 Å². The van der Waals surface area contributed by atoms with Crippen LogP contribution < -0.4 is 11.1 Å². The van der Waals surface area contributed by atoms with Crippen molar-refractivity contribution in [1.82, 2.24) is 9.97 Å². The molecule has 1 aliphatic rings. The second-order valence-electron chi connectivity index (χ2n) is 3.21. The Kier molecular flexibility index (Phi) is 2.13. The summed E-state index contributed by atoms with van der Waals surface area (Å²) in [7, 11) is 0. The molecule has 6 heteroatoms. The van der Waals surface area contributed by atoms with Gasteiger partial charge < -0.3 is 11.1 Å². The van der Waals surface area contributed by atoms with Crippen LogP contribution in [0.5, 0.6) is 0 Å². The molecule has 0 fully saturated rings. The van der Waals surface area contributed by atoms with Gasteiger partial charge in [-0.05, 0) is 6.92 Å². The van der Waals surface area contributed by atoms with Crippen LogP contribution in [0.3, 0.4) is 0 Å². The number of rotatable bonds is 1. The maximum Gasteiger partial charge on any atom is 0.230 e. The molecular weight excluding hydrogens is 204 g/mol. The first-order chi connectivity index (χ1) is 6.58. The van der Waals surface area contributed by atoms with E-state index in [1.54, 1.807) is 6.92 Å². The minimum absolute atomic E-state index is 0.113. The minimum atomic E-state index is -0.296. The SMILES string of the molecule is CC(N)c1nc(Cl)c2c(n1)NC(=O)C2. The molecule has 0 spiro atoms. The summed E-state index contributed by atoms with van der Waals surface area (Å²) >= 11 is 5.89. The lowest BCUT2D eigenvalue weighted by molar-refractivity contribution is -0.115. The zero-order valence-electron chi connectivity index (χ0n) is 7.54. The van der Waals surface area contributed by atoms with E-state index in [0.29, 0.717) is 22.4 Å². The highest BCUT2D eigenvalue weighted by atomic mass is 35.5. The highest BCUT2D eigenvalue weighted by molar-refractivity contribution is 6.31. The molecule has 1 aliphatic heterocycles. The number of halogens is 1. The number of carbonyl (C=O) groups excluding carboxylic acids is 1. The van der Waals surface area contributed by atoms with Gasteiger partial charge in [-0.25, -0.2) is 9.97 Å². The molecule has 74 valence electrons. The minimum Gasteiger partial charge on any atom is -0.322 e. The smallest absolute Gasteiger partial charge is 0.230 e. The first-order valence-corrected chi connectivity index (χ1v) is 4.57. The fourth-order valence-electron chi connectivity index (χ4n) is 1.27. The number of nitrogens with zero attached hydrogens (tertiary/aromatic N) is 2. The molecule has 3 N–H and O–H groups in total. The summed E-state index contributed by atoms with van der Waals surface area (Å²) in [6, 6.07) is -0.296. The monoisotopic (exact) mass is 212 g/mol. The van der Waals surface area contributed by atoms with Gasteiger partial charge in [0.2, 0.25) is 5.91 Å². The third-order valence-corrected chi connectivity index (χ3v) is 2.29. The van der Waals surface area contributed by atoms with Crippen LogP contribution in [0.15, 0.2) is 0 Å². The van der Waals surface area contributed by atoms with Gasteiger partial charge in [0, 0.05) is 5.56 Å². The number of anilines is 1. The fraction of sp³-hybridized carbons (Fsp3) is 0.375. The molecule has 1 amide bonds. The predicted octanol–water partition coefficient (Wildman–Crippen LogP) is 0.644. The van der Waals surface area contributed by atoms with Crippen molar-refractivity contribution in [2.45, 2.75) is 19.4 Å². The number of nitrogens with one attached hydrogen (secondary N) is 1. The van der Waals surface area contributed by atoms with E-state index in [1.807, 2.05) is 0 Å². The quantitative estimate of drug-likeness (QED) is 0.670. The van der Waals surface area contributed by atoms with Crippen LogP contribution in [0.1, 0.15) is 24.4 Å². The van der Waals surface area contributed by atoms with Crippen molar-refractivity contribution in [3.8, 4) is 0 Å². The second-order valence-corrected chi connectivity index (χ2v) is 3.57. The highest BCUT2D eigenvalue weighted by Gasteiger charge is 2.24. The van der Waals surface area contributed by atoms with E-state index in [1.165, 1.54) is 0 Å². The van der Waals surface area contributed by atoms with Crippen molar-refractivity contribution >= 4 is 23.3 Å². The molecule has 0 aliphatic carbocycles. The average Bonchev–Trinajstić information content (AvgIpc) is 2.45. The second kappa shape index (κ2) is 3.18. The van der Waals surface area contributed by atoms with E-state index in [0.717, 1.165) is 0 Å². The summed E-state index contributed by atoms with van der Waals surface area (Å²) in [5.41, 5.74) is 6.27. The number of hydrogen-bond acceptors (Lipinski definition) is 4. The molecule has 1 unspecified atom stereocenters. The Balaban J connectivity index is 2.51. The summed E-state index contributed by atoms with van der Waals surface area (Å²) < 4.78 is 0. The topological polar surface area (TPSA) is 80.9 Å². The largest absolute Gasteiger partial charge is 0.322 e. The van der Waals surface area contributed by atoms with Crippen LogP contribution in [0.4, 0.5) is 5.82 Å². The first-order valence-electron chi connectivity index (χ1n) is 4.19. The van der Waals surface area contributed by atoms with E-state index in [9.17, 15) is 4.79 Å². The van der Waals surface area contributed by atoms with E-state index in [2.05, 4.69) is 15.3 Å². The molecule has 0 bridgehead atoms. The maximum absolute atomic E-state index is 11.1. The zero-order chi connectivity index (χ0) is 10.3. The van der Waals surface area contributed by atoms with Crippen LogP contribution in [-0.2, 0) is 11.2 Å². The van der Waals surface area contributed by atoms with Crippen molar-refractivity contribution in [3.63, 3.8) is 0 Å². The van der Waals surface area contributed by atoms with Crippen molar-refractivity contribution in [2.75, 3.05) is 5.32 Å². The van der Waals surface area contributed by atoms with Gasteiger partial charge in [0.25, 0.3) is 0 Å². The predicted molar refractivity (Wildman–Crippen MR) is 52.0 cm³/mol. The summed E-state index contributed by atoms with van der Waals surface area (Å²) in [6.07, 6.45) is 0.243. The third-order valence-electron chi connectivity index (χ3n) is 1.98. The number of fused-ring (bicyclic) bond motifs is 1. The lowest BCUT2D eigenvalue weighted by Gasteiger charge is -2.06. The molecule has 1 atom stereocenters. The number of hydrogen-bond donors (Lipinski definition) is 2. The number of carbonyl (C=O) groups is 1. The Bertz CT molecular complexity index is 405. The summed E-state index contributed by atoms with van der Waals surface area (Å²) in [5.74, 6) is 0.816. The lowest BCUT2D eigenvalue weighted by atomic mass is 10.2. The summed E-state index contributed by atoms with van der Waals surface area (Å²) in [6.45, 7) is 1.76. The Morgan fingerprint density at radius 1 is 1.57 bits per heavy atom. The highest BCUT2D eigenvalue weighted by Crippen LogP contribution is 2.27. The van der Waals surface area contributed by atoms with Gasteiger partial charge in [-0.2, -0.15) is 0 Å². The molecule has 2 heterocycles. The van der Waals surface area contributed by atoms with Crippen molar-refractivity contribution in [2.24, 2.45) is 5.73 Å². The number of nitrogens with two attached hydrogens (primary N) is 1. The lowest BCUT2D eigenvalue weighted by Crippen LogP contribution is -2.11. The summed E-state index contributed by atoms with van der Waals surface area (Å²) in [4.78, 5) is 19.2. The normalized spacial score (nSPS) is 16.4. The van der Waals surface area contributed by atoms with Crippen LogP contribution in [0.25, 0.3) is 0 Å². The Labute approximate surface area is 85.7 Å². The van der Waals surface area contributed by atoms with Gasteiger partial charge in [0.1, 0.15) is 16.8 Å². The Morgan fingerprint density at radius 3 is 2.93 bits per heavy atom. The maximum atomic E-state index is 11.1. The fourth-order valence-corrected chi connectivity index (χ4v) is 1.52. The van der Waals surface area contributed by atoms with E-state index in [4.69, 9.17) is 17.3 Å². The molecule has 1 aromatic heterocycles. The van der Waals surface area contributed by atoms with Crippen LogP contribution >= 0.6 is 11.6 Å². The van der Waals surface area contributed by atoms with E-state index >= 15 is 0 Å². The van der Waals surface area contributed by atoms with E-state index < -0.39 is 0 Å². The van der Waals surface area contributed by atoms with Gasteiger partial charge in [0.05, 0.1) is 12.5 Å². The molecule has 2 rings (SSSR count). The van der Waals surface area contributed by atoms with Crippen LogP contribution in [0, 0.1) is 0 Å². The van der Waals surface area contributed by atoms with Gasteiger partial charge in [-0.15, -0.1) is 0 Å². The Hall–Kier alpha value is -1.20. The van der Waals surface area contributed by atoms with Crippen molar-refractivity contribution < 1.29 is 4.79 Å². The van der Waals surface area contributed by atoms with Crippen LogP contribution in [-0.4, -0.2) is 15.9 Å². The van der Waals surface area contributed by atoms with Gasteiger partial charge in [-0.1, -0.05) is 11.6 Å². The van der Waals surface area contributed by atoms with Crippen LogP contribution in [0.2, 0.25) is 5.15 Å². The van der Waals surface area contributed by atoms with Crippen molar-refractivity contribution in [3.05, 3.63) is 16.5 Å². The third kappa shape index (κ3) is 1.44. The van der Waals surface area contributed by atoms with Crippen molar-refractivity contribution in [1.29, 1.82) is 0 Å². The number of aromatic nitrogens is 2. The standard InChI is InChI=1S/C8H9ClN4O/c1-3(10)7-12-6(9)4-2-5(14)11-8(4)13-7/h3H,2,10H2,1H3,(H,11,12,13,14). The van der Waals surface area contributed by atoms with Gasteiger partial charge in [-0.3, -0.25) is 4.79 Å².